The smallest absolute Gasteiger partial charge is 0.245 e. The van der Waals surface area contributed by atoms with Gasteiger partial charge in [-0.05, 0) is 25.5 Å². The van der Waals surface area contributed by atoms with Crippen LogP contribution in [0.5, 0.6) is 0 Å². The molecule has 2 N–H and O–H groups in total. The summed E-state index contributed by atoms with van der Waals surface area (Å²) in [6, 6.07) is 7.80. The van der Waals surface area contributed by atoms with E-state index in [2.05, 4.69) is 11.4 Å². The molecule has 2 atom stereocenters. The van der Waals surface area contributed by atoms with Crippen LogP contribution in [0, 0.1) is 0 Å². The third-order valence-electron chi connectivity index (χ3n) is 4.07. The Morgan fingerprint density at radius 3 is 2.95 bits per heavy atom. The summed E-state index contributed by atoms with van der Waals surface area (Å²) in [6.45, 7) is 4.84. The Morgan fingerprint density at radius 2 is 2.24 bits per heavy atom. The van der Waals surface area contributed by atoms with Gasteiger partial charge in [0, 0.05) is 25.2 Å². The van der Waals surface area contributed by atoms with Gasteiger partial charge in [0.2, 0.25) is 5.91 Å². The second kappa shape index (κ2) is 5.31. The molecule has 1 saturated heterocycles. The summed E-state index contributed by atoms with van der Waals surface area (Å²) in [5.41, 5.74) is 1.80. The van der Waals surface area contributed by atoms with Crippen LogP contribution in [0.3, 0.4) is 0 Å². The van der Waals surface area contributed by atoms with E-state index in [4.69, 9.17) is 4.74 Å². The number of morpholine rings is 1. The molecule has 1 aromatic rings. The Balaban J connectivity index is 1.71. The topological polar surface area (TPSA) is 61.8 Å². The maximum absolute atomic E-state index is 12.7. The van der Waals surface area contributed by atoms with Gasteiger partial charge in [-0.25, -0.2) is 0 Å². The van der Waals surface area contributed by atoms with Gasteiger partial charge in [0.15, 0.2) is 0 Å². The first-order valence-electron chi connectivity index (χ1n) is 7.40. The van der Waals surface area contributed by atoms with E-state index in [1.165, 1.54) is 5.56 Å². The molecule has 5 heteroatoms. The van der Waals surface area contributed by atoms with Gasteiger partial charge >= 0.3 is 0 Å². The molecular weight excluding hydrogens is 268 g/mol. The van der Waals surface area contributed by atoms with E-state index < -0.39 is 5.60 Å². The number of fused-ring (bicyclic) bond motifs is 1. The predicted molar refractivity (Wildman–Crippen MR) is 80.2 cm³/mol. The summed E-state index contributed by atoms with van der Waals surface area (Å²) < 4.78 is 5.76. The number of rotatable bonds is 2. The van der Waals surface area contributed by atoms with Crippen LogP contribution in [-0.4, -0.2) is 53.4 Å². The lowest BCUT2D eigenvalue weighted by Gasteiger charge is -2.43. The first kappa shape index (κ1) is 14.4. The molecule has 2 aliphatic heterocycles. The monoisotopic (exact) mass is 290 g/mol. The van der Waals surface area contributed by atoms with E-state index in [1.807, 2.05) is 36.9 Å². The summed E-state index contributed by atoms with van der Waals surface area (Å²) in [7, 11) is 0. The molecule has 1 fully saturated rings. The summed E-state index contributed by atoms with van der Waals surface area (Å²) in [6.07, 6.45) is 0.415. The molecule has 1 amide bonds. The first-order chi connectivity index (χ1) is 9.98. The Labute approximate surface area is 124 Å². The number of hydrogen-bond donors (Lipinski definition) is 2. The lowest BCUT2D eigenvalue weighted by molar-refractivity contribution is -0.167. The maximum atomic E-state index is 12.7. The second-order valence-corrected chi connectivity index (χ2v) is 6.46. The zero-order valence-corrected chi connectivity index (χ0v) is 12.5. The lowest BCUT2D eigenvalue weighted by Crippen LogP contribution is -2.58. The first-order valence-corrected chi connectivity index (χ1v) is 7.40. The molecule has 0 radical (unpaired) electrons. The standard InChI is InChI=1S/C16H22N2O3/c1-16(2)10-18(8-12(9-19)21-16)15(20)14-7-11-5-3-4-6-13(11)17-14/h3-6,12,14,17,19H,7-10H2,1-2H3/t12?,14-/m0/s1. The number of amides is 1. The molecule has 1 unspecified atom stereocenters. The van der Waals surface area contributed by atoms with Crippen molar-refractivity contribution in [3.05, 3.63) is 29.8 Å². The average Bonchev–Trinajstić information content (AvgIpc) is 2.88. The molecular formula is C16H22N2O3. The van der Waals surface area contributed by atoms with Gasteiger partial charge in [0.05, 0.1) is 18.3 Å². The lowest BCUT2D eigenvalue weighted by atomic mass is 10.0. The van der Waals surface area contributed by atoms with Crippen molar-refractivity contribution in [1.29, 1.82) is 0 Å². The zero-order valence-electron chi connectivity index (χ0n) is 12.5. The third kappa shape index (κ3) is 2.89. The van der Waals surface area contributed by atoms with Crippen molar-refractivity contribution in [1.82, 2.24) is 4.90 Å². The number of nitrogens with zero attached hydrogens (tertiary/aromatic N) is 1. The molecule has 0 aromatic heterocycles. The number of aliphatic hydroxyl groups is 1. The number of nitrogens with one attached hydrogen (secondary N) is 1. The van der Waals surface area contributed by atoms with Crippen molar-refractivity contribution >= 4 is 11.6 Å². The predicted octanol–water partition coefficient (Wildman–Crippen LogP) is 1.02. The normalized spacial score (nSPS) is 27.1. The number of carbonyl (C=O) groups is 1. The van der Waals surface area contributed by atoms with Gasteiger partial charge in [0.25, 0.3) is 0 Å². The highest BCUT2D eigenvalue weighted by atomic mass is 16.5. The van der Waals surface area contributed by atoms with E-state index in [0.29, 0.717) is 13.1 Å². The minimum Gasteiger partial charge on any atom is -0.394 e. The summed E-state index contributed by atoms with van der Waals surface area (Å²) in [5, 5.41) is 12.6. The number of ether oxygens (including phenoxy) is 1. The summed E-state index contributed by atoms with van der Waals surface area (Å²) in [5.74, 6) is 0.0843. The van der Waals surface area contributed by atoms with Crippen LogP contribution in [0.4, 0.5) is 5.69 Å². The number of carbonyl (C=O) groups excluding carboxylic acids is 1. The highest BCUT2D eigenvalue weighted by Gasteiger charge is 2.38. The average molecular weight is 290 g/mol. The van der Waals surface area contributed by atoms with Crippen LogP contribution in [-0.2, 0) is 16.0 Å². The second-order valence-electron chi connectivity index (χ2n) is 6.46. The number of benzene rings is 1. The SMILES string of the molecule is CC1(C)CN(C(=O)[C@@H]2Cc3ccccc3N2)CC(CO)O1. The fourth-order valence-corrected chi connectivity index (χ4v) is 3.23. The van der Waals surface area contributed by atoms with Gasteiger partial charge < -0.3 is 20.1 Å². The van der Waals surface area contributed by atoms with Crippen molar-refractivity contribution in [2.24, 2.45) is 0 Å². The van der Waals surface area contributed by atoms with Crippen LogP contribution in [0.25, 0.3) is 0 Å². The quantitative estimate of drug-likeness (QED) is 0.854. The van der Waals surface area contributed by atoms with Gasteiger partial charge in [-0.2, -0.15) is 0 Å². The van der Waals surface area contributed by atoms with Crippen molar-refractivity contribution < 1.29 is 14.6 Å². The Bertz CT molecular complexity index is 519. The van der Waals surface area contributed by atoms with Crippen molar-refractivity contribution in [2.45, 2.75) is 38.0 Å². The van der Waals surface area contributed by atoms with Crippen LogP contribution >= 0.6 is 0 Å². The third-order valence-corrected chi connectivity index (χ3v) is 4.07. The summed E-state index contributed by atoms with van der Waals surface area (Å²) >= 11 is 0. The van der Waals surface area contributed by atoms with E-state index in [1.54, 1.807) is 0 Å². The molecule has 0 spiro atoms. The number of anilines is 1. The molecule has 2 aliphatic rings. The fourth-order valence-electron chi connectivity index (χ4n) is 3.23. The van der Waals surface area contributed by atoms with E-state index >= 15 is 0 Å². The Kier molecular flexibility index (Phi) is 3.63. The molecule has 3 rings (SSSR count). The molecule has 21 heavy (non-hydrogen) atoms. The molecule has 0 saturated carbocycles. The molecule has 0 aliphatic carbocycles. The Morgan fingerprint density at radius 1 is 1.48 bits per heavy atom. The molecule has 1 aromatic carbocycles. The number of hydrogen-bond acceptors (Lipinski definition) is 4. The van der Waals surface area contributed by atoms with Crippen LogP contribution < -0.4 is 5.32 Å². The summed E-state index contributed by atoms with van der Waals surface area (Å²) in [4.78, 5) is 14.6. The fraction of sp³-hybridized carbons (Fsp3) is 0.562. The highest BCUT2D eigenvalue weighted by Crippen LogP contribution is 2.28. The van der Waals surface area contributed by atoms with E-state index in [0.717, 1.165) is 12.1 Å². The van der Waals surface area contributed by atoms with Crippen molar-refractivity contribution in [2.75, 3.05) is 25.0 Å². The Hall–Kier alpha value is -1.59. The van der Waals surface area contributed by atoms with Gasteiger partial charge in [-0.15, -0.1) is 0 Å². The van der Waals surface area contributed by atoms with Crippen LogP contribution in [0.15, 0.2) is 24.3 Å². The highest BCUT2D eigenvalue weighted by molar-refractivity contribution is 5.87. The minimum absolute atomic E-state index is 0.0640. The van der Waals surface area contributed by atoms with Crippen molar-refractivity contribution in [3.63, 3.8) is 0 Å². The number of aliphatic hydroxyl groups excluding tert-OH is 1. The number of para-hydroxylation sites is 1. The zero-order chi connectivity index (χ0) is 15.0. The van der Waals surface area contributed by atoms with Crippen LogP contribution in [0.2, 0.25) is 0 Å². The molecule has 5 nitrogen and oxygen atoms in total. The van der Waals surface area contributed by atoms with Crippen molar-refractivity contribution in [3.8, 4) is 0 Å². The maximum Gasteiger partial charge on any atom is 0.245 e. The molecule has 114 valence electrons. The molecule has 0 bridgehead atoms. The van der Waals surface area contributed by atoms with Gasteiger partial charge in [-0.3, -0.25) is 4.79 Å². The van der Waals surface area contributed by atoms with E-state index in [9.17, 15) is 9.90 Å². The van der Waals surface area contributed by atoms with E-state index in [-0.39, 0.29) is 24.7 Å². The molecule has 2 heterocycles. The minimum atomic E-state index is -0.424. The van der Waals surface area contributed by atoms with Crippen LogP contribution in [0.1, 0.15) is 19.4 Å². The largest absolute Gasteiger partial charge is 0.394 e. The van der Waals surface area contributed by atoms with Gasteiger partial charge in [0.1, 0.15) is 6.04 Å². The van der Waals surface area contributed by atoms with Gasteiger partial charge in [-0.1, -0.05) is 18.2 Å².